The standard InChI is InChI=1S/C19H22N2O4/c1-5-12-16-15(10-20-18(12)25-19(22)24-6-2)21-14-9-7-8-13(17(14)16)11(3)23-4/h7-11,21H,5-6H2,1-4H3. The summed E-state index contributed by atoms with van der Waals surface area (Å²) in [7, 11) is 1.69. The van der Waals surface area contributed by atoms with Gasteiger partial charge in [0, 0.05) is 29.0 Å². The third kappa shape index (κ3) is 3.05. The molecule has 1 aromatic carbocycles. The predicted octanol–water partition coefficient (Wildman–Crippen LogP) is 4.52. The van der Waals surface area contributed by atoms with Gasteiger partial charge in [-0.05, 0) is 31.9 Å². The van der Waals surface area contributed by atoms with Crippen molar-refractivity contribution in [2.75, 3.05) is 13.7 Å². The molecule has 1 N–H and O–H groups in total. The normalized spacial score (nSPS) is 12.5. The molecule has 2 heterocycles. The maximum absolute atomic E-state index is 11.7. The van der Waals surface area contributed by atoms with Crippen molar-refractivity contribution in [1.82, 2.24) is 9.97 Å². The van der Waals surface area contributed by atoms with Crippen LogP contribution < -0.4 is 4.74 Å². The van der Waals surface area contributed by atoms with Gasteiger partial charge in [-0.1, -0.05) is 19.1 Å². The molecule has 0 bridgehead atoms. The number of carbonyl (C=O) groups excluding carboxylic acids is 1. The van der Waals surface area contributed by atoms with Gasteiger partial charge in [0.15, 0.2) is 0 Å². The number of rotatable bonds is 5. The Morgan fingerprint density at radius 1 is 1.24 bits per heavy atom. The summed E-state index contributed by atoms with van der Waals surface area (Å²) in [6.45, 7) is 6.01. The van der Waals surface area contributed by atoms with Crippen LogP contribution >= 0.6 is 0 Å². The minimum absolute atomic E-state index is 0.0602. The Balaban J connectivity index is 2.26. The Bertz CT molecular complexity index is 917. The number of aromatic nitrogens is 2. The quantitative estimate of drug-likeness (QED) is 0.690. The fraction of sp³-hybridized carbons (Fsp3) is 0.368. The van der Waals surface area contributed by atoms with Crippen LogP contribution in [0.2, 0.25) is 0 Å². The molecule has 1 atom stereocenters. The number of carbonyl (C=O) groups is 1. The number of H-pyrrole nitrogens is 1. The first-order valence-electron chi connectivity index (χ1n) is 8.40. The highest BCUT2D eigenvalue weighted by molar-refractivity contribution is 6.11. The summed E-state index contributed by atoms with van der Waals surface area (Å²) >= 11 is 0. The molecule has 132 valence electrons. The molecule has 25 heavy (non-hydrogen) atoms. The van der Waals surface area contributed by atoms with Crippen molar-refractivity contribution in [3.8, 4) is 5.88 Å². The van der Waals surface area contributed by atoms with Crippen LogP contribution in [0.1, 0.15) is 38.0 Å². The van der Waals surface area contributed by atoms with E-state index in [1.54, 1.807) is 20.2 Å². The second kappa shape index (κ2) is 7.11. The number of ether oxygens (including phenoxy) is 3. The molecule has 3 rings (SSSR count). The SMILES string of the molecule is CCOC(=O)Oc1ncc2[nH]c3cccc(C(C)OC)c3c2c1CC. The summed E-state index contributed by atoms with van der Waals surface area (Å²) in [6, 6.07) is 6.07. The van der Waals surface area contributed by atoms with E-state index in [1.165, 1.54) is 0 Å². The molecule has 0 saturated carbocycles. The summed E-state index contributed by atoms with van der Waals surface area (Å²) in [4.78, 5) is 19.4. The second-order valence-electron chi connectivity index (χ2n) is 5.74. The highest BCUT2D eigenvalue weighted by Crippen LogP contribution is 2.37. The van der Waals surface area contributed by atoms with Crippen molar-refractivity contribution < 1.29 is 19.0 Å². The first kappa shape index (κ1) is 17.2. The Morgan fingerprint density at radius 2 is 2.04 bits per heavy atom. The van der Waals surface area contributed by atoms with Crippen LogP contribution in [0.4, 0.5) is 4.79 Å². The van der Waals surface area contributed by atoms with E-state index in [0.717, 1.165) is 32.9 Å². The summed E-state index contributed by atoms with van der Waals surface area (Å²) in [5.74, 6) is 0.286. The number of pyridine rings is 1. The molecule has 0 radical (unpaired) electrons. The fourth-order valence-electron chi connectivity index (χ4n) is 3.12. The van der Waals surface area contributed by atoms with E-state index < -0.39 is 6.16 Å². The lowest BCUT2D eigenvalue weighted by Crippen LogP contribution is -2.12. The number of hydrogen-bond donors (Lipinski definition) is 1. The van der Waals surface area contributed by atoms with Gasteiger partial charge in [0.05, 0.1) is 24.4 Å². The van der Waals surface area contributed by atoms with E-state index in [-0.39, 0.29) is 18.6 Å². The molecule has 2 aromatic heterocycles. The maximum atomic E-state index is 11.7. The van der Waals surface area contributed by atoms with Gasteiger partial charge in [0.1, 0.15) is 0 Å². The molecule has 6 heteroatoms. The van der Waals surface area contributed by atoms with Gasteiger partial charge in [-0.25, -0.2) is 9.78 Å². The molecular formula is C19H22N2O4. The molecule has 0 aliphatic carbocycles. The smallest absolute Gasteiger partial charge is 0.434 e. The van der Waals surface area contributed by atoms with E-state index in [0.29, 0.717) is 6.42 Å². The second-order valence-corrected chi connectivity index (χ2v) is 5.74. The number of nitrogens with one attached hydrogen (secondary N) is 1. The van der Waals surface area contributed by atoms with Gasteiger partial charge < -0.3 is 19.2 Å². The molecule has 0 fully saturated rings. The molecule has 6 nitrogen and oxygen atoms in total. The van der Waals surface area contributed by atoms with Crippen LogP contribution in [0.25, 0.3) is 21.8 Å². The van der Waals surface area contributed by atoms with Crippen LogP contribution in [-0.4, -0.2) is 29.8 Å². The fourth-order valence-corrected chi connectivity index (χ4v) is 3.12. The zero-order chi connectivity index (χ0) is 18.0. The average Bonchev–Trinajstić information content (AvgIpc) is 3.00. The Kier molecular flexibility index (Phi) is 4.90. The zero-order valence-electron chi connectivity index (χ0n) is 14.9. The van der Waals surface area contributed by atoms with Crippen LogP contribution in [0.15, 0.2) is 24.4 Å². The highest BCUT2D eigenvalue weighted by atomic mass is 16.7. The Labute approximate surface area is 146 Å². The van der Waals surface area contributed by atoms with Crippen molar-refractivity contribution in [2.24, 2.45) is 0 Å². The third-order valence-corrected chi connectivity index (χ3v) is 4.34. The number of hydrogen-bond acceptors (Lipinski definition) is 5. The summed E-state index contributed by atoms with van der Waals surface area (Å²) in [5, 5.41) is 2.08. The van der Waals surface area contributed by atoms with E-state index in [4.69, 9.17) is 14.2 Å². The van der Waals surface area contributed by atoms with E-state index in [1.807, 2.05) is 26.0 Å². The lowest BCUT2D eigenvalue weighted by atomic mass is 9.99. The number of benzene rings is 1. The first-order chi connectivity index (χ1) is 12.1. The molecule has 0 saturated heterocycles. The van der Waals surface area contributed by atoms with E-state index in [9.17, 15) is 4.79 Å². The average molecular weight is 342 g/mol. The maximum Gasteiger partial charge on any atom is 0.515 e. The molecule has 0 aliphatic heterocycles. The monoisotopic (exact) mass is 342 g/mol. The van der Waals surface area contributed by atoms with Gasteiger partial charge in [-0.3, -0.25) is 0 Å². The molecule has 0 aliphatic rings. The van der Waals surface area contributed by atoms with Crippen LogP contribution in [-0.2, 0) is 15.9 Å². The van der Waals surface area contributed by atoms with E-state index >= 15 is 0 Å². The first-order valence-corrected chi connectivity index (χ1v) is 8.40. The van der Waals surface area contributed by atoms with Crippen molar-refractivity contribution in [2.45, 2.75) is 33.3 Å². The Hall–Kier alpha value is -2.60. The Morgan fingerprint density at radius 3 is 2.72 bits per heavy atom. The van der Waals surface area contributed by atoms with Gasteiger partial charge in [-0.2, -0.15) is 0 Å². The van der Waals surface area contributed by atoms with Gasteiger partial charge in [0.25, 0.3) is 0 Å². The van der Waals surface area contributed by atoms with Gasteiger partial charge in [0.2, 0.25) is 5.88 Å². The lowest BCUT2D eigenvalue weighted by Gasteiger charge is -2.13. The summed E-state index contributed by atoms with van der Waals surface area (Å²) in [6.07, 6.45) is 1.55. The van der Waals surface area contributed by atoms with Crippen molar-refractivity contribution in [3.05, 3.63) is 35.5 Å². The molecule has 0 spiro atoms. The minimum atomic E-state index is -0.741. The molecular weight excluding hydrogens is 320 g/mol. The predicted molar refractivity (Wildman–Crippen MR) is 96.1 cm³/mol. The van der Waals surface area contributed by atoms with Crippen LogP contribution in [0.5, 0.6) is 5.88 Å². The largest absolute Gasteiger partial charge is 0.515 e. The van der Waals surface area contributed by atoms with Gasteiger partial charge in [-0.15, -0.1) is 0 Å². The van der Waals surface area contributed by atoms with E-state index in [2.05, 4.69) is 16.0 Å². The summed E-state index contributed by atoms with van der Waals surface area (Å²) in [5.41, 5.74) is 3.85. The van der Waals surface area contributed by atoms with Crippen molar-refractivity contribution in [1.29, 1.82) is 0 Å². The number of aryl methyl sites for hydroxylation is 1. The van der Waals surface area contributed by atoms with Gasteiger partial charge >= 0.3 is 6.16 Å². The topological polar surface area (TPSA) is 73.4 Å². The number of nitrogens with zero attached hydrogens (tertiary/aromatic N) is 1. The van der Waals surface area contributed by atoms with Crippen LogP contribution in [0.3, 0.4) is 0 Å². The molecule has 0 amide bonds. The molecule has 1 unspecified atom stereocenters. The van der Waals surface area contributed by atoms with Crippen molar-refractivity contribution in [3.63, 3.8) is 0 Å². The number of methoxy groups -OCH3 is 1. The lowest BCUT2D eigenvalue weighted by molar-refractivity contribution is 0.102. The summed E-state index contributed by atoms with van der Waals surface area (Å²) < 4.78 is 15.7. The number of aromatic amines is 1. The van der Waals surface area contributed by atoms with Crippen LogP contribution in [0, 0.1) is 0 Å². The minimum Gasteiger partial charge on any atom is -0.434 e. The number of fused-ring (bicyclic) bond motifs is 3. The van der Waals surface area contributed by atoms with Crippen molar-refractivity contribution >= 4 is 28.0 Å². The highest BCUT2D eigenvalue weighted by Gasteiger charge is 2.20. The third-order valence-electron chi connectivity index (χ3n) is 4.34. The zero-order valence-corrected chi connectivity index (χ0v) is 14.9. The molecule has 3 aromatic rings.